The fourth-order valence-electron chi connectivity index (χ4n) is 1.36. The van der Waals surface area contributed by atoms with Crippen LogP contribution >= 0.6 is 0 Å². The van der Waals surface area contributed by atoms with Gasteiger partial charge in [0.25, 0.3) is 0 Å². The van der Waals surface area contributed by atoms with Gasteiger partial charge in [0.1, 0.15) is 0 Å². The number of aliphatic carboxylic acids is 3. The van der Waals surface area contributed by atoms with Crippen LogP contribution in [0.3, 0.4) is 0 Å². The maximum atomic E-state index is 11.2. The van der Waals surface area contributed by atoms with E-state index in [2.05, 4.69) is 0 Å². The molecule has 7 nitrogen and oxygen atoms in total. The Kier molecular flexibility index (Phi) is 4.04. The highest BCUT2D eigenvalue weighted by Crippen LogP contribution is 2.23. The molecule has 0 radical (unpaired) electrons. The number of rotatable bonds is 5. The van der Waals surface area contributed by atoms with Crippen molar-refractivity contribution in [2.75, 3.05) is 21.1 Å². The molecule has 0 heterocycles. The van der Waals surface area contributed by atoms with Crippen LogP contribution in [-0.2, 0) is 14.4 Å². The Hall–Kier alpha value is -1.89. The van der Waals surface area contributed by atoms with Crippen LogP contribution in [0.15, 0.2) is 11.6 Å². The largest absolute Gasteiger partial charge is 0.478 e. The predicted octanol–water partition coefficient (Wildman–Crippen LogP) is -0.368. The van der Waals surface area contributed by atoms with E-state index in [1.54, 1.807) is 0 Å². The first-order valence-corrected chi connectivity index (χ1v) is 4.68. The summed E-state index contributed by atoms with van der Waals surface area (Å²) in [5.74, 6) is -4.58. The summed E-state index contributed by atoms with van der Waals surface area (Å²) in [5, 5.41) is 27.0. The lowest BCUT2D eigenvalue weighted by atomic mass is 9.93. The average Bonchev–Trinajstić information content (AvgIpc) is 2.09. The topological polar surface area (TPSA) is 112 Å². The second-order valence-corrected chi connectivity index (χ2v) is 4.52. The highest BCUT2D eigenvalue weighted by molar-refractivity contribution is 6.05. The summed E-state index contributed by atoms with van der Waals surface area (Å²) in [6, 6.07) is 0. The van der Waals surface area contributed by atoms with E-state index in [-0.39, 0.29) is 5.57 Å². The molecule has 0 saturated carbocycles. The Morgan fingerprint density at radius 3 is 1.53 bits per heavy atom. The normalized spacial score (nSPS) is 13.3. The van der Waals surface area contributed by atoms with Gasteiger partial charge in [-0.2, -0.15) is 0 Å². The molecule has 0 rings (SSSR count). The zero-order valence-corrected chi connectivity index (χ0v) is 10.1. The number of carboxylic acid groups (broad SMARTS) is 3. The molecule has 0 amide bonds. The molecule has 3 N–H and O–H groups in total. The van der Waals surface area contributed by atoms with Crippen LogP contribution in [0.2, 0.25) is 0 Å². The van der Waals surface area contributed by atoms with E-state index in [9.17, 15) is 14.4 Å². The highest BCUT2D eigenvalue weighted by atomic mass is 16.4. The van der Waals surface area contributed by atoms with Gasteiger partial charge >= 0.3 is 23.4 Å². The summed E-state index contributed by atoms with van der Waals surface area (Å²) in [6.07, 6.45) is 0.750. The zero-order chi connectivity index (χ0) is 14.0. The van der Waals surface area contributed by atoms with Gasteiger partial charge in [0.15, 0.2) is 0 Å². The summed E-state index contributed by atoms with van der Waals surface area (Å²) in [7, 11) is 4.11. The van der Waals surface area contributed by atoms with E-state index in [0.717, 1.165) is 13.0 Å². The molecule has 0 aliphatic heterocycles. The third-order valence-electron chi connectivity index (χ3n) is 2.47. The van der Waals surface area contributed by atoms with Crippen LogP contribution in [0.5, 0.6) is 0 Å². The summed E-state index contributed by atoms with van der Waals surface area (Å²) in [5.41, 5.74) is -2.66. The number of carbonyl (C=O) groups is 3. The molecule has 0 saturated heterocycles. The van der Waals surface area contributed by atoms with Crippen molar-refractivity contribution < 1.29 is 34.2 Å². The number of carboxylic acids is 3. The Morgan fingerprint density at radius 2 is 1.35 bits per heavy atom. The van der Waals surface area contributed by atoms with Crippen LogP contribution < -0.4 is 0 Å². The fraction of sp³-hybridized carbons (Fsp3) is 0.500. The number of quaternary nitrogens is 1. The SMILES string of the molecule is CC(=CC(C(=O)O)(C(=O)O)[N+](C)(C)C)C(=O)O. The zero-order valence-electron chi connectivity index (χ0n) is 10.1. The van der Waals surface area contributed by atoms with Crippen molar-refractivity contribution in [3.63, 3.8) is 0 Å². The molecule has 96 valence electrons. The van der Waals surface area contributed by atoms with Crippen molar-refractivity contribution >= 4 is 17.9 Å². The van der Waals surface area contributed by atoms with E-state index in [0.29, 0.717) is 0 Å². The van der Waals surface area contributed by atoms with Gasteiger partial charge in [-0.3, -0.25) is 0 Å². The van der Waals surface area contributed by atoms with Crippen LogP contribution in [0.25, 0.3) is 0 Å². The summed E-state index contributed by atoms with van der Waals surface area (Å²) >= 11 is 0. The number of nitrogens with zero attached hydrogens (tertiary/aromatic N) is 1. The molecule has 0 aliphatic rings. The summed E-state index contributed by atoms with van der Waals surface area (Å²) in [4.78, 5) is 33.2. The monoisotopic (exact) mass is 246 g/mol. The number of likely N-dealkylation sites (N-methyl/N-ethyl adjacent to an activating group) is 1. The average molecular weight is 246 g/mol. The minimum absolute atomic E-state index is 0.331. The Morgan fingerprint density at radius 1 is 1.00 bits per heavy atom. The first kappa shape index (κ1) is 15.1. The maximum Gasteiger partial charge on any atom is 0.382 e. The van der Waals surface area contributed by atoms with E-state index in [1.807, 2.05) is 0 Å². The number of hydrogen-bond acceptors (Lipinski definition) is 3. The highest BCUT2D eigenvalue weighted by Gasteiger charge is 2.57. The van der Waals surface area contributed by atoms with E-state index in [1.165, 1.54) is 21.1 Å². The minimum Gasteiger partial charge on any atom is -0.478 e. The summed E-state index contributed by atoms with van der Waals surface area (Å²) < 4.78 is -0.470. The Labute approximate surface area is 98.2 Å². The molecule has 0 aromatic rings. The van der Waals surface area contributed by atoms with Gasteiger partial charge in [-0.25, -0.2) is 14.4 Å². The van der Waals surface area contributed by atoms with Crippen LogP contribution in [-0.4, -0.2) is 64.4 Å². The molecule has 0 aliphatic carbocycles. The van der Waals surface area contributed by atoms with Gasteiger partial charge in [-0.05, 0) is 6.92 Å². The smallest absolute Gasteiger partial charge is 0.382 e. The third-order valence-corrected chi connectivity index (χ3v) is 2.47. The fourth-order valence-corrected chi connectivity index (χ4v) is 1.36. The van der Waals surface area contributed by atoms with Gasteiger partial charge < -0.3 is 19.8 Å². The first-order chi connectivity index (χ1) is 7.46. The van der Waals surface area contributed by atoms with Crippen LogP contribution in [0.1, 0.15) is 6.92 Å². The van der Waals surface area contributed by atoms with Gasteiger partial charge in [0.2, 0.25) is 0 Å². The molecule has 0 aromatic heterocycles. The van der Waals surface area contributed by atoms with Crippen molar-refractivity contribution in [1.82, 2.24) is 0 Å². The Balaban J connectivity index is 6.04. The lowest BCUT2D eigenvalue weighted by molar-refractivity contribution is -0.897. The van der Waals surface area contributed by atoms with Gasteiger partial charge in [-0.15, -0.1) is 0 Å². The van der Waals surface area contributed by atoms with Crippen LogP contribution in [0.4, 0.5) is 0 Å². The standard InChI is InChI=1S/C10H15NO6/c1-6(7(12)13)5-10(8(14)15,9(16)17)11(2,3)4/h5H,1-4H3,(H2-,12,13,14,15,16,17)/p+1. The molecule has 17 heavy (non-hydrogen) atoms. The van der Waals surface area contributed by atoms with E-state index < -0.39 is 27.9 Å². The van der Waals surface area contributed by atoms with E-state index in [4.69, 9.17) is 15.3 Å². The molecule has 0 spiro atoms. The molecule has 0 aromatic carbocycles. The second kappa shape index (κ2) is 4.54. The lowest BCUT2D eigenvalue weighted by Crippen LogP contribution is -2.65. The summed E-state index contributed by atoms with van der Waals surface area (Å²) in [6.45, 7) is 1.15. The van der Waals surface area contributed by atoms with E-state index >= 15 is 0 Å². The van der Waals surface area contributed by atoms with Gasteiger partial charge in [0.05, 0.1) is 21.1 Å². The van der Waals surface area contributed by atoms with Crippen molar-refractivity contribution in [1.29, 1.82) is 0 Å². The molecule has 0 unspecified atom stereocenters. The van der Waals surface area contributed by atoms with Gasteiger partial charge in [-0.1, -0.05) is 0 Å². The minimum atomic E-state index is -2.33. The van der Waals surface area contributed by atoms with Crippen molar-refractivity contribution in [2.45, 2.75) is 12.5 Å². The molecular formula is C10H16NO6+. The Bertz CT molecular complexity index is 376. The quantitative estimate of drug-likeness (QED) is 0.346. The van der Waals surface area contributed by atoms with Crippen molar-refractivity contribution in [3.05, 3.63) is 11.6 Å². The first-order valence-electron chi connectivity index (χ1n) is 4.68. The molecule has 0 atom stereocenters. The van der Waals surface area contributed by atoms with Gasteiger partial charge in [0, 0.05) is 11.6 Å². The molecular weight excluding hydrogens is 230 g/mol. The number of hydrogen-bond donors (Lipinski definition) is 3. The van der Waals surface area contributed by atoms with Crippen molar-refractivity contribution in [3.8, 4) is 0 Å². The molecule has 7 heteroatoms. The van der Waals surface area contributed by atoms with Crippen LogP contribution in [0, 0.1) is 0 Å². The maximum absolute atomic E-state index is 11.2. The third kappa shape index (κ3) is 2.62. The second-order valence-electron chi connectivity index (χ2n) is 4.52. The predicted molar refractivity (Wildman–Crippen MR) is 57.4 cm³/mol. The molecule has 0 bridgehead atoms. The lowest BCUT2D eigenvalue weighted by Gasteiger charge is -2.37. The van der Waals surface area contributed by atoms with Crippen molar-refractivity contribution in [2.24, 2.45) is 0 Å². The molecule has 0 fully saturated rings.